The maximum Gasteiger partial charge on any atom is 0.229 e. The summed E-state index contributed by atoms with van der Waals surface area (Å²) in [7, 11) is 0. The van der Waals surface area contributed by atoms with Gasteiger partial charge in [-0.3, -0.25) is 14.5 Å². The van der Waals surface area contributed by atoms with Gasteiger partial charge in [0.2, 0.25) is 11.8 Å². The van der Waals surface area contributed by atoms with Crippen LogP contribution in [-0.4, -0.2) is 35.3 Å². The van der Waals surface area contributed by atoms with Crippen molar-refractivity contribution < 1.29 is 9.59 Å². The molecule has 1 aromatic carbocycles. The molecule has 3 rings (SSSR count). The normalized spacial score (nSPS) is 25.4. The number of halogens is 2. The number of hydrogen-bond donors (Lipinski definition) is 3. The van der Waals surface area contributed by atoms with E-state index in [9.17, 15) is 9.59 Å². The highest BCUT2D eigenvalue weighted by atomic mass is 35.5. The summed E-state index contributed by atoms with van der Waals surface area (Å²) in [4.78, 5) is 26.4. The summed E-state index contributed by atoms with van der Waals surface area (Å²) >= 11 is 0. The fraction of sp³-hybridized carbons (Fsp3) is 0.619. The van der Waals surface area contributed by atoms with E-state index in [1.54, 1.807) is 0 Å². The molecule has 8 heteroatoms. The number of rotatable bonds is 5. The molecule has 0 radical (unpaired) electrons. The molecule has 29 heavy (non-hydrogen) atoms. The van der Waals surface area contributed by atoms with Gasteiger partial charge in [0, 0.05) is 23.7 Å². The second kappa shape index (κ2) is 11.2. The summed E-state index contributed by atoms with van der Waals surface area (Å²) in [6, 6.07) is 8.01. The monoisotopic (exact) mass is 444 g/mol. The largest absolute Gasteiger partial charge is 0.369 e. The molecule has 2 unspecified atom stereocenters. The fourth-order valence-corrected chi connectivity index (χ4v) is 4.40. The summed E-state index contributed by atoms with van der Waals surface area (Å²) in [6.07, 6.45) is 5.55. The first-order chi connectivity index (χ1) is 12.8. The molecule has 2 atom stereocenters. The first-order valence-electron chi connectivity index (χ1n) is 10.1. The lowest BCUT2D eigenvalue weighted by atomic mass is 9.74. The van der Waals surface area contributed by atoms with Crippen LogP contribution in [0, 0.1) is 11.8 Å². The lowest BCUT2D eigenvalue weighted by Crippen LogP contribution is -2.51. The quantitative estimate of drug-likeness (QED) is 0.648. The highest BCUT2D eigenvalue weighted by Gasteiger charge is 2.37. The maximum absolute atomic E-state index is 12.7. The number of benzene rings is 1. The van der Waals surface area contributed by atoms with E-state index in [0.717, 1.165) is 69.4 Å². The van der Waals surface area contributed by atoms with Gasteiger partial charge in [-0.25, -0.2) is 0 Å². The zero-order valence-electron chi connectivity index (χ0n) is 17.1. The molecule has 1 saturated heterocycles. The highest BCUT2D eigenvalue weighted by Crippen LogP contribution is 2.32. The molecule has 1 aliphatic heterocycles. The van der Waals surface area contributed by atoms with E-state index in [2.05, 4.69) is 16.3 Å². The zero-order chi connectivity index (χ0) is 19.4. The van der Waals surface area contributed by atoms with Crippen molar-refractivity contribution in [3.05, 3.63) is 29.8 Å². The average molecular weight is 445 g/mol. The Balaban J connectivity index is 0.00000210. The van der Waals surface area contributed by atoms with Gasteiger partial charge in [0.05, 0.1) is 5.92 Å². The molecule has 1 aromatic rings. The second-order valence-electron chi connectivity index (χ2n) is 8.45. The number of nitrogens with zero attached hydrogens (tertiary/aromatic N) is 1. The fourth-order valence-electron chi connectivity index (χ4n) is 4.40. The molecule has 0 spiro atoms. The Morgan fingerprint density at radius 1 is 1.17 bits per heavy atom. The molecular weight excluding hydrogens is 411 g/mol. The van der Waals surface area contributed by atoms with Crippen LogP contribution in [0.15, 0.2) is 24.3 Å². The number of piperidine rings is 1. The van der Waals surface area contributed by atoms with Gasteiger partial charge in [-0.05, 0) is 63.4 Å². The Morgan fingerprint density at radius 3 is 2.48 bits per heavy atom. The van der Waals surface area contributed by atoms with Gasteiger partial charge in [-0.2, -0.15) is 0 Å². The number of nitrogens with two attached hydrogens (primary N) is 2. The Hall–Kier alpha value is -1.34. The van der Waals surface area contributed by atoms with Crippen LogP contribution in [0.3, 0.4) is 0 Å². The third kappa shape index (κ3) is 6.85. The lowest BCUT2D eigenvalue weighted by molar-refractivity contribution is -0.123. The molecule has 2 fully saturated rings. The predicted octanol–water partition coefficient (Wildman–Crippen LogP) is 3.07. The van der Waals surface area contributed by atoms with Crippen LogP contribution in [0.4, 0.5) is 5.69 Å². The Labute approximate surface area is 186 Å². The smallest absolute Gasteiger partial charge is 0.229 e. The van der Waals surface area contributed by atoms with Crippen LogP contribution in [-0.2, 0) is 16.1 Å². The molecule has 2 amide bonds. The number of anilines is 1. The molecular formula is C21H34Cl2N4O2. The van der Waals surface area contributed by atoms with E-state index in [-0.39, 0.29) is 48.5 Å². The van der Waals surface area contributed by atoms with Crippen LogP contribution in [0.5, 0.6) is 0 Å². The topological polar surface area (TPSA) is 101 Å². The summed E-state index contributed by atoms with van der Waals surface area (Å²) in [5.41, 5.74) is 13.3. The molecule has 1 saturated carbocycles. The number of carbonyl (C=O) groups excluding carboxylic acids is 2. The number of carbonyl (C=O) groups is 2. The SMILES string of the molecule is CC1(N)CCCCC1C(=O)Nc1cccc(CN2CCC(C(N)=O)CC2)c1.Cl.Cl. The van der Waals surface area contributed by atoms with Crippen molar-refractivity contribution in [2.75, 3.05) is 18.4 Å². The molecule has 5 N–H and O–H groups in total. The number of hydrogen-bond acceptors (Lipinski definition) is 4. The minimum atomic E-state index is -0.426. The molecule has 0 bridgehead atoms. The van der Waals surface area contributed by atoms with E-state index in [1.165, 1.54) is 0 Å². The van der Waals surface area contributed by atoms with Crippen LogP contribution in [0.2, 0.25) is 0 Å². The third-order valence-corrected chi connectivity index (χ3v) is 6.16. The summed E-state index contributed by atoms with van der Waals surface area (Å²) < 4.78 is 0. The van der Waals surface area contributed by atoms with Crippen LogP contribution in [0.25, 0.3) is 0 Å². The Kier molecular flexibility index (Phi) is 9.89. The first-order valence-corrected chi connectivity index (χ1v) is 10.1. The van der Waals surface area contributed by atoms with Crippen molar-refractivity contribution in [2.24, 2.45) is 23.3 Å². The summed E-state index contributed by atoms with van der Waals surface area (Å²) in [5, 5.41) is 3.07. The Morgan fingerprint density at radius 2 is 1.86 bits per heavy atom. The predicted molar refractivity (Wildman–Crippen MR) is 121 cm³/mol. The lowest BCUT2D eigenvalue weighted by Gasteiger charge is -2.37. The number of amides is 2. The third-order valence-electron chi connectivity index (χ3n) is 6.16. The van der Waals surface area contributed by atoms with E-state index >= 15 is 0 Å². The van der Waals surface area contributed by atoms with Gasteiger partial charge in [-0.1, -0.05) is 25.0 Å². The average Bonchev–Trinajstić information content (AvgIpc) is 2.62. The number of primary amides is 1. The van der Waals surface area contributed by atoms with Crippen molar-refractivity contribution in [1.82, 2.24) is 4.90 Å². The van der Waals surface area contributed by atoms with Gasteiger partial charge in [0.15, 0.2) is 0 Å². The molecule has 0 aromatic heterocycles. The molecule has 6 nitrogen and oxygen atoms in total. The first kappa shape index (κ1) is 25.7. The second-order valence-corrected chi connectivity index (χ2v) is 8.45. The molecule has 1 heterocycles. The van der Waals surface area contributed by atoms with Gasteiger partial charge in [-0.15, -0.1) is 24.8 Å². The number of nitrogens with one attached hydrogen (secondary N) is 1. The molecule has 2 aliphatic rings. The van der Waals surface area contributed by atoms with Crippen LogP contribution in [0.1, 0.15) is 51.0 Å². The summed E-state index contributed by atoms with van der Waals surface area (Å²) in [6.45, 7) is 4.55. The highest BCUT2D eigenvalue weighted by molar-refractivity contribution is 5.93. The van der Waals surface area contributed by atoms with E-state index in [4.69, 9.17) is 11.5 Å². The van der Waals surface area contributed by atoms with Crippen molar-refractivity contribution in [3.8, 4) is 0 Å². The van der Waals surface area contributed by atoms with Crippen molar-refractivity contribution in [1.29, 1.82) is 0 Å². The standard InChI is InChI=1S/C21H32N4O2.2ClH/c1-21(23)10-3-2-7-18(21)20(27)24-17-6-4-5-15(13-17)14-25-11-8-16(9-12-25)19(22)26;;/h4-6,13,16,18H,2-3,7-12,14,23H2,1H3,(H2,22,26)(H,24,27);2*1H. The van der Waals surface area contributed by atoms with Gasteiger partial charge in [0.25, 0.3) is 0 Å². The van der Waals surface area contributed by atoms with Crippen LogP contribution < -0.4 is 16.8 Å². The summed E-state index contributed by atoms with van der Waals surface area (Å²) in [5.74, 6) is -0.288. The maximum atomic E-state index is 12.7. The van der Waals surface area contributed by atoms with Crippen molar-refractivity contribution in [3.63, 3.8) is 0 Å². The van der Waals surface area contributed by atoms with Gasteiger partial charge < -0.3 is 16.8 Å². The van der Waals surface area contributed by atoms with Gasteiger partial charge in [0.1, 0.15) is 0 Å². The Bertz CT molecular complexity index is 691. The van der Waals surface area contributed by atoms with Crippen molar-refractivity contribution in [2.45, 2.75) is 57.5 Å². The van der Waals surface area contributed by atoms with E-state index < -0.39 is 5.54 Å². The minimum Gasteiger partial charge on any atom is -0.369 e. The zero-order valence-corrected chi connectivity index (χ0v) is 18.7. The van der Waals surface area contributed by atoms with E-state index in [1.807, 2.05) is 25.1 Å². The van der Waals surface area contributed by atoms with Gasteiger partial charge >= 0.3 is 0 Å². The van der Waals surface area contributed by atoms with Crippen molar-refractivity contribution >= 4 is 42.3 Å². The molecule has 1 aliphatic carbocycles. The van der Waals surface area contributed by atoms with Crippen LogP contribution >= 0.6 is 24.8 Å². The number of likely N-dealkylation sites (tertiary alicyclic amines) is 1. The van der Waals surface area contributed by atoms with E-state index in [0.29, 0.717) is 0 Å². The minimum absolute atomic E-state index is 0. The molecule has 164 valence electrons.